The molecule has 9 heavy (non-hydrogen) atoms. The lowest BCUT2D eigenvalue weighted by Crippen LogP contribution is -2.20. The third kappa shape index (κ3) is 1.66. The molecule has 2 atom stereocenters. The molecule has 1 aliphatic heterocycles. The Balaban J connectivity index is 2.24. The van der Waals surface area contributed by atoms with Crippen molar-refractivity contribution in [1.29, 1.82) is 0 Å². The van der Waals surface area contributed by atoms with Crippen molar-refractivity contribution >= 4 is 0 Å². The van der Waals surface area contributed by atoms with Crippen LogP contribution in [0.1, 0.15) is 13.3 Å². The van der Waals surface area contributed by atoms with Gasteiger partial charge in [-0.15, -0.1) is 0 Å². The Hall–Kier alpha value is -0.0800. The summed E-state index contributed by atoms with van der Waals surface area (Å²) >= 11 is 0. The Labute approximate surface area is 56.4 Å². The largest absolute Gasteiger partial charge is 0.381 e. The molecule has 1 fully saturated rings. The molecule has 1 aliphatic rings. The zero-order valence-corrected chi connectivity index (χ0v) is 5.97. The lowest BCUT2D eigenvalue weighted by molar-refractivity contribution is 0.175. The van der Waals surface area contributed by atoms with Crippen molar-refractivity contribution in [1.82, 2.24) is 0 Å². The van der Waals surface area contributed by atoms with Gasteiger partial charge < -0.3 is 10.5 Å². The molecule has 1 rings (SSSR count). The Morgan fingerprint density at radius 1 is 1.78 bits per heavy atom. The summed E-state index contributed by atoms with van der Waals surface area (Å²) in [6, 6.07) is 0. The molecule has 0 amide bonds. The molecule has 2 N–H and O–H groups in total. The van der Waals surface area contributed by atoms with Gasteiger partial charge in [-0.05, 0) is 24.8 Å². The molecule has 0 aromatic rings. The maximum Gasteiger partial charge on any atom is 0.0498 e. The van der Waals surface area contributed by atoms with Crippen LogP contribution in [0, 0.1) is 11.8 Å². The van der Waals surface area contributed by atoms with E-state index >= 15 is 0 Å². The van der Waals surface area contributed by atoms with Crippen LogP contribution in [0.25, 0.3) is 0 Å². The van der Waals surface area contributed by atoms with Gasteiger partial charge in [-0.1, -0.05) is 6.92 Å². The fourth-order valence-corrected chi connectivity index (χ4v) is 1.19. The molecule has 0 aromatic carbocycles. The topological polar surface area (TPSA) is 35.2 Å². The van der Waals surface area contributed by atoms with Crippen LogP contribution in [-0.4, -0.2) is 19.8 Å². The molecular weight excluding hydrogens is 114 g/mol. The van der Waals surface area contributed by atoms with E-state index in [2.05, 4.69) is 6.92 Å². The van der Waals surface area contributed by atoms with Crippen molar-refractivity contribution < 1.29 is 4.74 Å². The second-order valence-corrected chi connectivity index (χ2v) is 2.84. The molecule has 0 radical (unpaired) electrons. The van der Waals surface area contributed by atoms with Crippen LogP contribution in [-0.2, 0) is 4.74 Å². The van der Waals surface area contributed by atoms with Crippen molar-refractivity contribution in [3.63, 3.8) is 0 Å². The van der Waals surface area contributed by atoms with Gasteiger partial charge in [-0.2, -0.15) is 0 Å². The highest BCUT2D eigenvalue weighted by molar-refractivity contribution is 4.70. The minimum Gasteiger partial charge on any atom is -0.381 e. The summed E-state index contributed by atoms with van der Waals surface area (Å²) in [7, 11) is 0. The fraction of sp³-hybridized carbons (Fsp3) is 1.00. The van der Waals surface area contributed by atoms with Crippen molar-refractivity contribution in [3.05, 3.63) is 0 Å². The number of hydrogen-bond acceptors (Lipinski definition) is 2. The first kappa shape index (κ1) is 7.03. The summed E-state index contributed by atoms with van der Waals surface area (Å²) in [6.07, 6.45) is 1.21. The predicted molar refractivity (Wildman–Crippen MR) is 37.1 cm³/mol. The second kappa shape index (κ2) is 3.18. The van der Waals surface area contributed by atoms with Crippen LogP contribution in [0.4, 0.5) is 0 Å². The van der Waals surface area contributed by atoms with Crippen molar-refractivity contribution in [3.8, 4) is 0 Å². The molecule has 0 bridgehead atoms. The zero-order chi connectivity index (χ0) is 6.69. The third-order valence-electron chi connectivity index (χ3n) is 2.14. The van der Waals surface area contributed by atoms with Crippen molar-refractivity contribution in [2.45, 2.75) is 13.3 Å². The molecule has 0 aromatic heterocycles. The summed E-state index contributed by atoms with van der Waals surface area (Å²) in [5.74, 6) is 1.38. The van der Waals surface area contributed by atoms with Gasteiger partial charge >= 0.3 is 0 Å². The molecule has 0 spiro atoms. The Bertz CT molecular complexity index is 79.0. The molecule has 2 heteroatoms. The second-order valence-electron chi connectivity index (χ2n) is 2.84. The molecule has 1 saturated heterocycles. The Morgan fingerprint density at radius 2 is 2.56 bits per heavy atom. The minimum absolute atomic E-state index is 0.646. The summed E-state index contributed by atoms with van der Waals surface area (Å²) < 4.78 is 5.22. The van der Waals surface area contributed by atoms with Gasteiger partial charge in [0, 0.05) is 13.2 Å². The molecule has 2 nitrogen and oxygen atoms in total. The fourth-order valence-electron chi connectivity index (χ4n) is 1.19. The first-order valence-electron chi connectivity index (χ1n) is 3.62. The lowest BCUT2D eigenvalue weighted by atomic mass is 9.94. The molecule has 0 saturated carbocycles. The van der Waals surface area contributed by atoms with E-state index in [0.29, 0.717) is 5.92 Å². The molecular formula is C7H15NO. The monoisotopic (exact) mass is 129 g/mol. The third-order valence-corrected chi connectivity index (χ3v) is 2.14. The lowest BCUT2D eigenvalue weighted by Gasteiger charge is -2.13. The Kier molecular flexibility index (Phi) is 2.49. The first-order valence-corrected chi connectivity index (χ1v) is 3.62. The van der Waals surface area contributed by atoms with Crippen LogP contribution in [0.2, 0.25) is 0 Å². The van der Waals surface area contributed by atoms with Crippen LogP contribution >= 0.6 is 0 Å². The highest BCUT2D eigenvalue weighted by atomic mass is 16.5. The molecule has 1 heterocycles. The van der Waals surface area contributed by atoms with Gasteiger partial charge in [0.25, 0.3) is 0 Å². The van der Waals surface area contributed by atoms with Gasteiger partial charge in [0.2, 0.25) is 0 Å². The highest BCUT2D eigenvalue weighted by Gasteiger charge is 2.20. The van der Waals surface area contributed by atoms with Gasteiger partial charge in [-0.3, -0.25) is 0 Å². The molecule has 54 valence electrons. The SMILES string of the molecule is CC(CN)C1CCOC1. The quantitative estimate of drug-likeness (QED) is 0.593. The van der Waals surface area contributed by atoms with Crippen molar-refractivity contribution in [2.24, 2.45) is 17.6 Å². The average Bonchev–Trinajstić information content (AvgIpc) is 2.37. The highest BCUT2D eigenvalue weighted by Crippen LogP contribution is 2.20. The van der Waals surface area contributed by atoms with Gasteiger partial charge in [-0.25, -0.2) is 0 Å². The number of nitrogens with two attached hydrogens (primary N) is 1. The summed E-state index contributed by atoms with van der Waals surface area (Å²) in [6.45, 7) is 4.86. The van der Waals surface area contributed by atoms with E-state index in [4.69, 9.17) is 10.5 Å². The summed E-state index contributed by atoms with van der Waals surface area (Å²) in [5, 5.41) is 0. The zero-order valence-electron chi connectivity index (χ0n) is 5.97. The standard InChI is InChI=1S/C7H15NO/c1-6(4-8)7-2-3-9-5-7/h6-7H,2-5,8H2,1H3. The van der Waals surface area contributed by atoms with E-state index in [1.165, 1.54) is 6.42 Å². The maximum atomic E-state index is 5.50. The van der Waals surface area contributed by atoms with E-state index in [-0.39, 0.29) is 0 Å². The van der Waals surface area contributed by atoms with Crippen LogP contribution < -0.4 is 5.73 Å². The Morgan fingerprint density at radius 3 is 3.00 bits per heavy atom. The smallest absolute Gasteiger partial charge is 0.0498 e. The first-order chi connectivity index (χ1) is 4.34. The predicted octanol–water partition coefficient (Wildman–Crippen LogP) is 0.618. The normalized spacial score (nSPS) is 30.7. The van der Waals surface area contributed by atoms with Gasteiger partial charge in [0.15, 0.2) is 0 Å². The van der Waals surface area contributed by atoms with Crippen LogP contribution in [0.3, 0.4) is 0 Å². The van der Waals surface area contributed by atoms with Crippen molar-refractivity contribution in [2.75, 3.05) is 19.8 Å². The van der Waals surface area contributed by atoms with E-state index in [9.17, 15) is 0 Å². The van der Waals surface area contributed by atoms with E-state index in [1.54, 1.807) is 0 Å². The average molecular weight is 129 g/mol. The van der Waals surface area contributed by atoms with Crippen LogP contribution in [0.15, 0.2) is 0 Å². The number of ether oxygens (including phenoxy) is 1. The number of hydrogen-bond donors (Lipinski definition) is 1. The molecule has 2 unspecified atom stereocenters. The summed E-state index contributed by atoms with van der Waals surface area (Å²) in [4.78, 5) is 0. The number of rotatable bonds is 2. The maximum absolute atomic E-state index is 5.50. The van der Waals surface area contributed by atoms with Gasteiger partial charge in [0.05, 0.1) is 0 Å². The minimum atomic E-state index is 0.646. The van der Waals surface area contributed by atoms with E-state index in [0.717, 1.165) is 25.7 Å². The summed E-state index contributed by atoms with van der Waals surface area (Å²) in [5.41, 5.74) is 5.50. The van der Waals surface area contributed by atoms with Crippen LogP contribution in [0.5, 0.6) is 0 Å². The van der Waals surface area contributed by atoms with Gasteiger partial charge in [0.1, 0.15) is 0 Å². The van der Waals surface area contributed by atoms with E-state index < -0.39 is 0 Å². The molecule has 0 aliphatic carbocycles. The van der Waals surface area contributed by atoms with E-state index in [1.807, 2.05) is 0 Å².